The average Bonchev–Trinajstić information content (AvgIpc) is 3.30. The Morgan fingerprint density at radius 3 is 2.56 bits per heavy atom. The van der Waals surface area contributed by atoms with E-state index in [0.717, 1.165) is 37.9 Å². The van der Waals surface area contributed by atoms with E-state index in [-0.39, 0.29) is 24.4 Å². The quantitative estimate of drug-likeness (QED) is 0.802. The topological polar surface area (TPSA) is 64.6 Å². The van der Waals surface area contributed by atoms with Gasteiger partial charge in [-0.15, -0.1) is 0 Å². The Morgan fingerprint density at radius 2 is 1.92 bits per heavy atom. The molecule has 25 heavy (non-hydrogen) atoms. The number of hydrogen-bond acceptors (Lipinski definition) is 4. The number of ether oxygens (including phenoxy) is 2. The summed E-state index contributed by atoms with van der Waals surface area (Å²) < 4.78 is 23.9. The highest BCUT2D eigenvalue weighted by Crippen LogP contribution is 2.42. The normalized spacial score (nSPS) is 21.9. The molecule has 0 radical (unpaired) electrons. The fourth-order valence-electron chi connectivity index (χ4n) is 3.71. The largest absolute Gasteiger partial charge is 0.455 e. The molecule has 2 fully saturated rings. The molecule has 3 rings (SSSR count). The highest BCUT2D eigenvalue weighted by Gasteiger charge is 2.44. The lowest BCUT2D eigenvalue weighted by atomic mass is 9.79. The standard InChI is InChI=1S/C19H24FNO4/c20-15-7-5-14(6-8-15)19(9-1-2-10-19)18(23)25-13-17(22)21-12-16-4-3-11-24-16/h5-8,16H,1-4,9-13H2,(H,21,22). The van der Waals surface area contributed by atoms with Crippen LogP contribution in [0.4, 0.5) is 4.39 Å². The predicted molar refractivity (Wildman–Crippen MR) is 89.5 cm³/mol. The third-order valence-corrected chi connectivity index (χ3v) is 5.13. The van der Waals surface area contributed by atoms with Gasteiger partial charge in [0.1, 0.15) is 5.82 Å². The van der Waals surface area contributed by atoms with Crippen LogP contribution in [-0.2, 0) is 24.5 Å². The van der Waals surface area contributed by atoms with E-state index in [1.54, 1.807) is 12.1 Å². The molecular weight excluding hydrogens is 325 g/mol. The second-order valence-corrected chi connectivity index (χ2v) is 6.81. The maximum atomic E-state index is 13.2. The fourth-order valence-corrected chi connectivity index (χ4v) is 3.71. The van der Waals surface area contributed by atoms with E-state index >= 15 is 0 Å². The molecule has 1 aromatic rings. The molecule has 2 aliphatic rings. The zero-order valence-electron chi connectivity index (χ0n) is 14.3. The van der Waals surface area contributed by atoms with Crippen LogP contribution in [-0.4, -0.2) is 37.7 Å². The van der Waals surface area contributed by atoms with Gasteiger partial charge in [0.15, 0.2) is 6.61 Å². The summed E-state index contributed by atoms with van der Waals surface area (Å²) in [6.07, 6.45) is 5.16. The molecule has 1 unspecified atom stereocenters. The van der Waals surface area contributed by atoms with Crippen molar-refractivity contribution >= 4 is 11.9 Å². The van der Waals surface area contributed by atoms with E-state index in [9.17, 15) is 14.0 Å². The third-order valence-electron chi connectivity index (χ3n) is 5.13. The molecule has 1 aliphatic heterocycles. The lowest BCUT2D eigenvalue weighted by Crippen LogP contribution is -2.39. The molecule has 1 saturated carbocycles. The minimum Gasteiger partial charge on any atom is -0.455 e. The summed E-state index contributed by atoms with van der Waals surface area (Å²) in [4.78, 5) is 24.6. The summed E-state index contributed by atoms with van der Waals surface area (Å²) in [6, 6.07) is 5.99. The Kier molecular flexibility index (Phi) is 5.68. The lowest BCUT2D eigenvalue weighted by Gasteiger charge is -2.27. The predicted octanol–water partition coefficient (Wildman–Crippen LogP) is 2.48. The van der Waals surface area contributed by atoms with Gasteiger partial charge < -0.3 is 14.8 Å². The number of carbonyl (C=O) groups excluding carboxylic acids is 2. The van der Waals surface area contributed by atoms with Gasteiger partial charge in [-0.2, -0.15) is 0 Å². The highest BCUT2D eigenvalue weighted by atomic mass is 19.1. The monoisotopic (exact) mass is 349 g/mol. The molecule has 1 saturated heterocycles. The summed E-state index contributed by atoms with van der Waals surface area (Å²) in [6.45, 7) is 0.879. The first-order valence-corrected chi connectivity index (χ1v) is 8.92. The van der Waals surface area contributed by atoms with Crippen LogP contribution in [0.2, 0.25) is 0 Å². The highest BCUT2D eigenvalue weighted by molar-refractivity contribution is 5.86. The Hall–Kier alpha value is -1.95. The minimum absolute atomic E-state index is 0.0556. The number of benzene rings is 1. The van der Waals surface area contributed by atoms with Gasteiger partial charge >= 0.3 is 5.97 Å². The van der Waals surface area contributed by atoms with Crippen molar-refractivity contribution in [3.63, 3.8) is 0 Å². The smallest absolute Gasteiger partial charge is 0.317 e. The van der Waals surface area contributed by atoms with E-state index in [2.05, 4.69) is 5.32 Å². The Bertz CT molecular complexity index is 604. The number of carbonyl (C=O) groups is 2. The minimum atomic E-state index is -0.761. The fraction of sp³-hybridized carbons (Fsp3) is 0.579. The van der Waals surface area contributed by atoms with Crippen LogP contribution in [0.25, 0.3) is 0 Å². The maximum absolute atomic E-state index is 13.2. The second kappa shape index (κ2) is 7.95. The first-order valence-electron chi connectivity index (χ1n) is 8.92. The number of rotatable bonds is 6. The second-order valence-electron chi connectivity index (χ2n) is 6.81. The summed E-state index contributed by atoms with van der Waals surface area (Å²) in [5, 5.41) is 2.74. The molecule has 0 spiro atoms. The number of hydrogen-bond donors (Lipinski definition) is 1. The number of amides is 1. The van der Waals surface area contributed by atoms with Crippen molar-refractivity contribution in [3.8, 4) is 0 Å². The number of halogens is 1. The number of esters is 1. The van der Waals surface area contributed by atoms with E-state index in [1.807, 2.05) is 0 Å². The molecule has 1 aliphatic carbocycles. The van der Waals surface area contributed by atoms with Gasteiger partial charge in [-0.25, -0.2) is 4.39 Å². The van der Waals surface area contributed by atoms with E-state index in [1.165, 1.54) is 12.1 Å². The van der Waals surface area contributed by atoms with Gasteiger partial charge in [0.25, 0.3) is 5.91 Å². The Labute approximate surface area is 146 Å². The summed E-state index contributed by atoms with van der Waals surface area (Å²) in [7, 11) is 0. The molecule has 5 nitrogen and oxygen atoms in total. The van der Waals surface area contributed by atoms with Crippen LogP contribution in [0, 0.1) is 5.82 Å². The van der Waals surface area contributed by atoms with Gasteiger partial charge in [0.2, 0.25) is 0 Å². The van der Waals surface area contributed by atoms with Crippen molar-refractivity contribution in [2.45, 2.75) is 50.0 Å². The zero-order valence-corrected chi connectivity index (χ0v) is 14.3. The van der Waals surface area contributed by atoms with Crippen molar-refractivity contribution in [1.82, 2.24) is 5.32 Å². The Balaban J connectivity index is 1.56. The van der Waals surface area contributed by atoms with E-state index < -0.39 is 11.4 Å². The van der Waals surface area contributed by atoms with E-state index in [4.69, 9.17) is 9.47 Å². The SMILES string of the molecule is O=C(COC(=O)C1(c2ccc(F)cc2)CCCC1)NCC1CCCO1. The van der Waals surface area contributed by atoms with Crippen molar-refractivity contribution in [2.24, 2.45) is 0 Å². The molecule has 0 bridgehead atoms. The molecule has 1 N–H and O–H groups in total. The van der Waals surface area contributed by atoms with Gasteiger partial charge in [-0.05, 0) is 43.4 Å². The Morgan fingerprint density at radius 1 is 1.20 bits per heavy atom. The molecular formula is C19H24FNO4. The van der Waals surface area contributed by atoms with Crippen molar-refractivity contribution < 1.29 is 23.5 Å². The van der Waals surface area contributed by atoms with Gasteiger partial charge in [0, 0.05) is 13.2 Å². The summed E-state index contributed by atoms with van der Waals surface area (Å²) in [5.41, 5.74) is -0.00103. The van der Waals surface area contributed by atoms with E-state index in [0.29, 0.717) is 19.4 Å². The summed E-state index contributed by atoms with van der Waals surface area (Å²) >= 11 is 0. The van der Waals surface area contributed by atoms with Gasteiger partial charge in [-0.3, -0.25) is 9.59 Å². The van der Waals surface area contributed by atoms with Crippen molar-refractivity contribution in [1.29, 1.82) is 0 Å². The maximum Gasteiger partial charge on any atom is 0.317 e. The molecule has 1 aromatic carbocycles. The molecule has 1 atom stereocenters. The molecule has 1 amide bonds. The molecule has 136 valence electrons. The van der Waals surface area contributed by atoms with Crippen LogP contribution in [0.1, 0.15) is 44.1 Å². The first kappa shape index (κ1) is 17.9. The van der Waals surface area contributed by atoms with Gasteiger partial charge in [-0.1, -0.05) is 25.0 Å². The zero-order chi connectivity index (χ0) is 17.7. The van der Waals surface area contributed by atoms with Crippen LogP contribution in [0.3, 0.4) is 0 Å². The summed E-state index contributed by atoms with van der Waals surface area (Å²) in [5.74, 6) is -1.06. The average molecular weight is 349 g/mol. The molecule has 0 aromatic heterocycles. The molecule has 6 heteroatoms. The van der Waals surface area contributed by atoms with Crippen molar-refractivity contribution in [3.05, 3.63) is 35.6 Å². The lowest BCUT2D eigenvalue weighted by molar-refractivity contribution is -0.154. The van der Waals surface area contributed by atoms with Crippen LogP contribution < -0.4 is 5.32 Å². The van der Waals surface area contributed by atoms with Crippen LogP contribution in [0.15, 0.2) is 24.3 Å². The van der Waals surface area contributed by atoms with Crippen molar-refractivity contribution in [2.75, 3.05) is 19.8 Å². The van der Waals surface area contributed by atoms with Crippen LogP contribution >= 0.6 is 0 Å². The molecule has 1 heterocycles. The van der Waals surface area contributed by atoms with Crippen LogP contribution in [0.5, 0.6) is 0 Å². The van der Waals surface area contributed by atoms with Gasteiger partial charge in [0.05, 0.1) is 11.5 Å². The first-order chi connectivity index (χ1) is 12.1. The number of nitrogens with one attached hydrogen (secondary N) is 1. The third kappa shape index (κ3) is 4.18.